The van der Waals surface area contributed by atoms with Gasteiger partial charge in [0.2, 0.25) is 0 Å². The van der Waals surface area contributed by atoms with E-state index < -0.39 is 0 Å². The third kappa shape index (κ3) is 4.90. The monoisotopic (exact) mass is 444 g/mol. The molecule has 2 aromatic heterocycles. The maximum atomic E-state index is 13.3. The fourth-order valence-corrected chi connectivity index (χ4v) is 4.61. The maximum absolute atomic E-state index is 13.3. The second-order valence-electron chi connectivity index (χ2n) is 8.78. The van der Waals surface area contributed by atoms with E-state index in [0.29, 0.717) is 6.54 Å². The molecule has 0 aliphatic carbocycles. The minimum absolute atomic E-state index is 0.00629. The van der Waals surface area contributed by atoms with Crippen molar-refractivity contribution in [2.24, 2.45) is 0 Å². The van der Waals surface area contributed by atoms with E-state index >= 15 is 0 Å². The van der Waals surface area contributed by atoms with Crippen molar-refractivity contribution < 1.29 is 9.53 Å². The normalized spacial score (nSPS) is 15.6. The molecule has 1 aliphatic heterocycles. The number of nitrogens with zero attached hydrogens (tertiary/aromatic N) is 4. The van der Waals surface area contributed by atoms with Gasteiger partial charge in [-0.15, -0.1) is 0 Å². The summed E-state index contributed by atoms with van der Waals surface area (Å²) in [6, 6.07) is 7.93. The van der Waals surface area contributed by atoms with E-state index in [-0.39, 0.29) is 18.6 Å². The second-order valence-corrected chi connectivity index (χ2v) is 8.78. The Morgan fingerprint density at radius 2 is 1.88 bits per heavy atom. The Hall–Kier alpha value is -3.28. The number of aromatic nitrogens is 3. The first-order valence-corrected chi connectivity index (χ1v) is 11.7. The Bertz CT molecular complexity index is 1120. The molecule has 3 heterocycles. The molecule has 0 radical (unpaired) electrons. The topological polar surface area (TPSA) is 68.2 Å². The van der Waals surface area contributed by atoms with Gasteiger partial charge in [0.1, 0.15) is 11.6 Å². The highest BCUT2D eigenvalue weighted by Crippen LogP contribution is 2.37. The summed E-state index contributed by atoms with van der Waals surface area (Å²) in [7, 11) is 0. The van der Waals surface area contributed by atoms with Gasteiger partial charge in [-0.2, -0.15) is 0 Å². The van der Waals surface area contributed by atoms with Crippen LogP contribution in [0.3, 0.4) is 0 Å². The summed E-state index contributed by atoms with van der Waals surface area (Å²) in [4.78, 5) is 29.1. The van der Waals surface area contributed by atoms with Crippen LogP contribution in [0.1, 0.15) is 60.4 Å². The molecule has 172 valence electrons. The van der Waals surface area contributed by atoms with Gasteiger partial charge < -0.3 is 9.64 Å². The summed E-state index contributed by atoms with van der Waals surface area (Å²) in [5.41, 5.74) is 6.12. The van der Waals surface area contributed by atoms with Crippen LogP contribution in [-0.4, -0.2) is 38.9 Å². The third-order valence-electron chi connectivity index (χ3n) is 6.29. The van der Waals surface area contributed by atoms with Crippen LogP contribution in [0.5, 0.6) is 5.75 Å². The van der Waals surface area contributed by atoms with Gasteiger partial charge in [-0.1, -0.05) is 25.1 Å². The third-order valence-corrected chi connectivity index (χ3v) is 6.29. The SMILES string of the molecule is CCCc1ncc(-c2ccncc2C)c(C2CCCN2C(=O)COc2c(C)cccc2C)n1. The molecule has 1 saturated heterocycles. The molecule has 1 amide bonds. The predicted octanol–water partition coefficient (Wildman–Crippen LogP) is 5.16. The van der Waals surface area contributed by atoms with Gasteiger partial charge in [0, 0.05) is 37.1 Å². The van der Waals surface area contributed by atoms with Crippen molar-refractivity contribution in [3.8, 4) is 16.9 Å². The largest absolute Gasteiger partial charge is 0.483 e. The van der Waals surface area contributed by atoms with Crippen LogP contribution >= 0.6 is 0 Å². The Labute approximate surface area is 196 Å². The zero-order chi connectivity index (χ0) is 23.4. The zero-order valence-electron chi connectivity index (χ0n) is 20.0. The number of carbonyl (C=O) groups excluding carboxylic acids is 1. The number of rotatable bonds is 7. The minimum Gasteiger partial charge on any atom is -0.483 e. The minimum atomic E-state index is -0.0831. The van der Waals surface area contributed by atoms with Gasteiger partial charge in [0.15, 0.2) is 6.61 Å². The number of hydrogen-bond donors (Lipinski definition) is 0. The quantitative estimate of drug-likeness (QED) is 0.504. The van der Waals surface area contributed by atoms with Crippen LogP contribution in [0.2, 0.25) is 0 Å². The van der Waals surface area contributed by atoms with E-state index in [0.717, 1.165) is 70.8 Å². The molecule has 1 atom stereocenters. The van der Waals surface area contributed by atoms with Crippen molar-refractivity contribution in [1.82, 2.24) is 19.9 Å². The smallest absolute Gasteiger partial charge is 0.261 e. The number of aryl methyl sites for hydroxylation is 4. The average Bonchev–Trinajstić information content (AvgIpc) is 3.29. The lowest BCUT2D eigenvalue weighted by Crippen LogP contribution is -2.35. The van der Waals surface area contributed by atoms with Crippen molar-refractivity contribution in [2.45, 2.75) is 59.4 Å². The molecule has 0 saturated carbocycles. The van der Waals surface area contributed by atoms with Gasteiger partial charge >= 0.3 is 0 Å². The molecule has 1 aliphatic rings. The molecular weight excluding hydrogens is 412 g/mol. The number of benzene rings is 1. The van der Waals surface area contributed by atoms with Crippen molar-refractivity contribution in [3.05, 3.63) is 71.1 Å². The molecule has 1 fully saturated rings. The van der Waals surface area contributed by atoms with Gasteiger partial charge in [-0.25, -0.2) is 9.97 Å². The van der Waals surface area contributed by atoms with Gasteiger partial charge in [-0.3, -0.25) is 9.78 Å². The second kappa shape index (κ2) is 10.1. The molecule has 0 bridgehead atoms. The summed E-state index contributed by atoms with van der Waals surface area (Å²) >= 11 is 0. The standard InChI is InChI=1S/C27H32N4O2/c1-5-8-24-29-16-22(21-12-13-28-15-20(21)4)26(30-24)23-11-7-14-31(23)25(32)17-33-27-18(2)9-6-10-19(27)3/h6,9-10,12-13,15-16,23H,5,7-8,11,14,17H2,1-4H3. The highest BCUT2D eigenvalue weighted by Gasteiger charge is 2.33. The van der Waals surface area contributed by atoms with E-state index in [1.165, 1.54) is 0 Å². The molecule has 3 aromatic rings. The van der Waals surface area contributed by atoms with E-state index in [4.69, 9.17) is 9.72 Å². The highest BCUT2D eigenvalue weighted by molar-refractivity contribution is 5.79. The van der Waals surface area contributed by atoms with Crippen LogP contribution in [0, 0.1) is 20.8 Å². The summed E-state index contributed by atoms with van der Waals surface area (Å²) in [5.74, 6) is 1.62. The molecule has 33 heavy (non-hydrogen) atoms. The summed E-state index contributed by atoms with van der Waals surface area (Å²) in [6.45, 7) is 8.92. The Kier molecular flexibility index (Phi) is 7.02. The summed E-state index contributed by atoms with van der Waals surface area (Å²) in [6.07, 6.45) is 9.19. The molecular formula is C27H32N4O2. The molecule has 0 spiro atoms. The number of para-hydroxylation sites is 1. The van der Waals surface area contributed by atoms with Crippen LogP contribution in [0.4, 0.5) is 0 Å². The summed E-state index contributed by atoms with van der Waals surface area (Å²) < 4.78 is 5.99. The number of hydrogen-bond acceptors (Lipinski definition) is 5. The van der Waals surface area contributed by atoms with E-state index in [1.807, 2.05) is 62.3 Å². The highest BCUT2D eigenvalue weighted by atomic mass is 16.5. The fraction of sp³-hybridized carbons (Fsp3) is 0.407. The number of likely N-dealkylation sites (tertiary alicyclic amines) is 1. The van der Waals surface area contributed by atoms with Crippen molar-refractivity contribution >= 4 is 5.91 Å². The number of ether oxygens (including phenoxy) is 1. The Balaban J connectivity index is 1.63. The molecule has 0 N–H and O–H groups in total. The van der Waals surface area contributed by atoms with Crippen LogP contribution < -0.4 is 4.74 Å². The van der Waals surface area contributed by atoms with Crippen LogP contribution in [0.25, 0.3) is 11.1 Å². The summed E-state index contributed by atoms with van der Waals surface area (Å²) in [5, 5.41) is 0. The number of carbonyl (C=O) groups is 1. The molecule has 6 heteroatoms. The van der Waals surface area contributed by atoms with Crippen molar-refractivity contribution in [3.63, 3.8) is 0 Å². The van der Waals surface area contributed by atoms with Crippen LogP contribution in [0.15, 0.2) is 42.9 Å². The van der Waals surface area contributed by atoms with E-state index in [2.05, 4.69) is 16.9 Å². The number of pyridine rings is 1. The average molecular weight is 445 g/mol. The Morgan fingerprint density at radius 1 is 1.09 bits per heavy atom. The first kappa shape index (κ1) is 22.9. The van der Waals surface area contributed by atoms with Crippen molar-refractivity contribution in [2.75, 3.05) is 13.2 Å². The van der Waals surface area contributed by atoms with E-state index in [1.54, 1.807) is 6.20 Å². The Morgan fingerprint density at radius 3 is 2.61 bits per heavy atom. The zero-order valence-corrected chi connectivity index (χ0v) is 20.0. The van der Waals surface area contributed by atoms with E-state index in [9.17, 15) is 4.79 Å². The molecule has 4 rings (SSSR count). The van der Waals surface area contributed by atoms with Gasteiger partial charge in [0.25, 0.3) is 5.91 Å². The fourth-order valence-electron chi connectivity index (χ4n) is 4.61. The van der Waals surface area contributed by atoms with Gasteiger partial charge in [-0.05, 0) is 68.4 Å². The first-order chi connectivity index (χ1) is 16.0. The lowest BCUT2D eigenvalue weighted by atomic mass is 9.97. The molecule has 1 aromatic carbocycles. The molecule has 6 nitrogen and oxygen atoms in total. The van der Waals surface area contributed by atoms with Crippen molar-refractivity contribution in [1.29, 1.82) is 0 Å². The van der Waals surface area contributed by atoms with Crippen LogP contribution in [-0.2, 0) is 11.2 Å². The first-order valence-electron chi connectivity index (χ1n) is 11.7. The predicted molar refractivity (Wildman–Crippen MR) is 129 cm³/mol. The van der Waals surface area contributed by atoms with Gasteiger partial charge in [0.05, 0.1) is 11.7 Å². The number of amides is 1. The molecule has 1 unspecified atom stereocenters. The lowest BCUT2D eigenvalue weighted by molar-refractivity contribution is -0.134. The lowest BCUT2D eigenvalue weighted by Gasteiger charge is -2.27. The maximum Gasteiger partial charge on any atom is 0.261 e.